The van der Waals surface area contributed by atoms with Crippen LogP contribution in [0.2, 0.25) is 0 Å². The summed E-state index contributed by atoms with van der Waals surface area (Å²) in [5, 5.41) is 2.36. The van der Waals surface area contributed by atoms with Crippen molar-refractivity contribution >= 4 is 61.6 Å². The van der Waals surface area contributed by atoms with E-state index in [-0.39, 0.29) is 18.3 Å². The second-order valence-electron chi connectivity index (χ2n) is 10.4. The van der Waals surface area contributed by atoms with E-state index < -0.39 is 93.3 Å². The van der Waals surface area contributed by atoms with E-state index in [1.807, 2.05) is 0 Å². The van der Waals surface area contributed by atoms with Gasteiger partial charge in [-0.3, -0.25) is 28.5 Å². The zero-order valence-electron chi connectivity index (χ0n) is 28.9. The number of benzene rings is 1. The second kappa shape index (κ2) is 20.1. The number of esters is 5. The van der Waals surface area contributed by atoms with Gasteiger partial charge in [0.05, 0.1) is 26.4 Å². The van der Waals surface area contributed by atoms with Crippen molar-refractivity contribution in [1.29, 1.82) is 0 Å². The van der Waals surface area contributed by atoms with Crippen LogP contribution in [-0.4, -0.2) is 110 Å². The van der Waals surface area contributed by atoms with Crippen LogP contribution < -0.4 is 5.32 Å². The minimum atomic E-state index is -2.84. The van der Waals surface area contributed by atoms with E-state index in [1.54, 1.807) is 44.2 Å². The average Bonchev–Trinajstić information content (AvgIpc) is 3.04. The van der Waals surface area contributed by atoms with Gasteiger partial charge < -0.3 is 47.5 Å². The third kappa shape index (κ3) is 11.9. The van der Waals surface area contributed by atoms with E-state index >= 15 is 0 Å². The molecule has 0 aromatic heterocycles. The van der Waals surface area contributed by atoms with Crippen LogP contribution in [0.4, 0.5) is 0 Å². The lowest BCUT2D eigenvalue weighted by atomic mass is 9.85. The molecule has 7 atom stereocenters. The maximum absolute atomic E-state index is 14.1. The summed E-state index contributed by atoms with van der Waals surface area (Å²) in [7, 11) is -1.49. The highest BCUT2D eigenvalue weighted by atomic mass is 32.1. The SMILES string of the molecule is CCOP(OCC)OC1(C(=O)OC)OC([C@H](OC(C)=O)[C@@H](COC(C)=O)OC(C)=O)C(NC(C)=O)C(OC(C)=O)C1OC(=S)c1ccccc1. The third-order valence-electron chi connectivity index (χ3n) is 6.52. The normalized spacial score (nSPS) is 22.7. The molecule has 2 rings (SSSR count). The first kappa shape index (κ1) is 42.4. The molecule has 1 N–H and O–H groups in total. The molecule has 1 aromatic rings. The number of nitrogens with one attached hydrogen (secondary N) is 1. The number of methoxy groups -OCH3 is 1. The number of hydrogen-bond acceptors (Lipinski definition) is 17. The Morgan fingerprint density at radius 3 is 1.96 bits per heavy atom. The number of rotatable bonds is 17. The Hall–Kier alpha value is -3.80. The summed E-state index contributed by atoms with van der Waals surface area (Å²) in [6.45, 7) is 7.90. The van der Waals surface area contributed by atoms with Gasteiger partial charge in [0.15, 0.2) is 23.4 Å². The van der Waals surface area contributed by atoms with Crippen molar-refractivity contribution in [2.75, 3.05) is 26.9 Å². The number of thiocarbonyl (C=S) groups is 1. The highest BCUT2D eigenvalue weighted by Crippen LogP contribution is 2.50. The molecule has 1 amide bonds. The largest absolute Gasteiger partial charge is 0.469 e. The smallest absolute Gasteiger partial charge is 0.371 e. The predicted octanol–water partition coefficient (Wildman–Crippen LogP) is 2.19. The van der Waals surface area contributed by atoms with Crippen LogP contribution in [0.5, 0.6) is 0 Å². The Kier molecular flexibility index (Phi) is 17.1. The quantitative estimate of drug-likeness (QED) is 0.105. The highest BCUT2D eigenvalue weighted by molar-refractivity contribution is 7.80. The van der Waals surface area contributed by atoms with Gasteiger partial charge in [-0.25, -0.2) is 4.79 Å². The van der Waals surface area contributed by atoms with E-state index in [0.29, 0.717) is 5.56 Å². The minimum absolute atomic E-state index is 0.0230. The summed E-state index contributed by atoms with van der Waals surface area (Å²) >= 11 is 5.58. The summed E-state index contributed by atoms with van der Waals surface area (Å²) in [5.74, 6) is -8.43. The Bertz CT molecular complexity index is 1360. The highest BCUT2D eigenvalue weighted by Gasteiger charge is 2.68. The molecule has 1 aliphatic heterocycles. The molecule has 0 radical (unpaired) electrons. The number of hydrogen-bond donors (Lipinski definition) is 1. The standard InChI is InChI=1S/C31H42NO16PS/c1-9-41-49(42-10-2)48-31(30(38)39-8)28(46-29(50)22-14-12-11-13-15-22)27(45-21(7)37)24(32-17(3)33)26(47-31)25(44-20(6)36)23(43-19(5)35)16-40-18(4)34/h11-15,23-28H,9-10,16H2,1-8H3,(H,32,33)/t23-,24?,25-,26?,27?,28?,31?/m1/s1. The van der Waals surface area contributed by atoms with Gasteiger partial charge in [-0.15, -0.1) is 0 Å². The van der Waals surface area contributed by atoms with Crippen LogP contribution in [0, 0.1) is 0 Å². The number of ether oxygens (including phenoxy) is 7. The van der Waals surface area contributed by atoms with Crippen molar-refractivity contribution < 1.29 is 75.5 Å². The zero-order chi connectivity index (χ0) is 37.6. The second-order valence-corrected chi connectivity index (χ2v) is 11.9. The van der Waals surface area contributed by atoms with E-state index in [2.05, 4.69) is 5.32 Å². The van der Waals surface area contributed by atoms with E-state index in [1.165, 1.54) is 0 Å². The molecule has 1 aliphatic rings. The average molecular weight is 748 g/mol. The molecule has 0 bridgehead atoms. The van der Waals surface area contributed by atoms with Crippen molar-refractivity contribution in [3.63, 3.8) is 0 Å². The molecule has 0 spiro atoms. The lowest BCUT2D eigenvalue weighted by Gasteiger charge is -2.51. The van der Waals surface area contributed by atoms with E-state index in [9.17, 15) is 28.8 Å². The molecule has 17 nitrogen and oxygen atoms in total. The molecule has 5 unspecified atom stereocenters. The monoisotopic (exact) mass is 747 g/mol. The Morgan fingerprint density at radius 1 is 0.880 bits per heavy atom. The summed E-state index contributed by atoms with van der Waals surface area (Å²) in [6, 6.07) is 6.68. The van der Waals surface area contributed by atoms with Crippen LogP contribution in [0.25, 0.3) is 0 Å². The van der Waals surface area contributed by atoms with Gasteiger partial charge in [-0.05, 0) is 26.1 Å². The fourth-order valence-corrected chi connectivity index (χ4v) is 6.10. The molecule has 0 saturated carbocycles. The zero-order valence-corrected chi connectivity index (χ0v) is 30.6. The number of carbonyl (C=O) groups is 6. The summed E-state index contributed by atoms with van der Waals surface area (Å²) < 4.78 is 57.0. The topological polar surface area (TPSA) is 207 Å². The van der Waals surface area contributed by atoms with Crippen molar-refractivity contribution in [2.24, 2.45) is 0 Å². The van der Waals surface area contributed by atoms with Gasteiger partial charge in [-0.2, -0.15) is 0 Å². The lowest BCUT2D eigenvalue weighted by molar-refractivity contribution is -0.324. The van der Waals surface area contributed by atoms with Crippen LogP contribution >= 0.6 is 20.8 Å². The third-order valence-corrected chi connectivity index (χ3v) is 8.21. The lowest BCUT2D eigenvalue weighted by Crippen LogP contribution is -2.75. The first-order valence-electron chi connectivity index (χ1n) is 15.3. The van der Waals surface area contributed by atoms with Crippen molar-refractivity contribution in [3.8, 4) is 0 Å². The van der Waals surface area contributed by atoms with Crippen LogP contribution in [-0.2, 0) is 75.5 Å². The first-order chi connectivity index (χ1) is 23.6. The molecule has 1 heterocycles. The first-order valence-corrected chi connectivity index (χ1v) is 16.8. The predicted molar refractivity (Wildman–Crippen MR) is 175 cm³/mol. The van der Waals surface area contributed by atoms with Crippen molar-refractivity contribution in [3.05, 3.63) is 35.9 Å². The maximum atomic E-state index is 14.1. The van der Waals surface area contributed by atoms with Crippen molar-refractivity contribution in [2.45, 2.75) is 90.8 Å². The number of amides is 1. The van der Waals surface area contributed by atoms with Gasteiger partial charge in [0, 0.05) is 40.2 Å². The molecule has 1 fully saturated rings. The van der Waals surface area contributed by atoms with Crippen LogP contribution in [0.15, 0.2) is 30.3 Å². The Morgan fingerprint density at radius 2 is 1.48 bits per heavy atom. The minimum Gasteiger partial charge on any atom is -0.469 e. The fraction of sp³-hybridized carbons (Fsp3) is 0.581. The van der Waals surface area contributed by atoms with E-state index in [4.69, 9.17) is 58.9 Å². The molecular weight excluding hydrogens is 705 g/mol. The molecule has 50 heavy (non-hydrogen) atoms. The molecule has 278 valence electrons. The van der Waals surface area contributed by atoms with Crippen molar-refractivity contribution in [1.82, 2.24) is 5.32 Å². The maximum Gasteiger partial charge on any atom is 0.371 e. The van der Waals surface area contributed by atoms with Gasteiger partial charge in [0.1, 0.15) is 12.7 Å². The molecule has 0 aliphatic carbocycles. The van der Waals surface area contributed by atoms with Crippen LogP contribution in [0.1, 0.15) is 54.0 Å². The van der Waals surface area contributed by atoms with Gasteiger partial charge in [0.2, 0.25) is 12.0 Å². The molecule has 19 heteroatoms. The number of carbonyl (C=O) groups excluding carboxylic acids is 6. The molecule has 1 saturated heterocycles. The van der Waals surface area contributed by atoms with E-state index in [0.717, 1.165) is 41.7 Å². The van der Waals surface area contributed by atoms with Crippen LogP contribution in [0.3, 0.4) is 0 Å². The fourth-order valence-electron chi connectivity index (χ4n) is 4.82. The Labute approximate surface area is 295 Å². The summed E-state index contributed by atoms with van der Waals surface area (Å²) in [4.78, 5) is 76.3. The van der Waals surface area contributed by atoms with Gasteiger partial charge in [-0.1, -0.05) is 30.3 Å². The Balaban J connectivity index is 3.03. The van der Waals surface area contributed by atoms with Gasteiger partial charge in [0.25, 0.3) is 0 Å². The summed E-state index contributed by atoms with van der Waals surface area (Å²) in [5.41, 5.74) is 0.354. The van der Waals surface area contributed by atoms with Gasteiger partial charge >= 0.3 is 44.2 Å². The molecular formula is C31H42NO16PS. The molecule has 1 aromatic carbocycles. The summed E-state index contributed by atoms with van der Waals surface area (Å²) in [6.07, 6.45) is -8.91.